The lowest BCUT2D eigenvalue weighted by atomic mass is 9.96. The monoisotopic (exact) mass is 318 g/mol. The summed E-state index contributed by atoms with van der Waals surface area (Å²) in [5.41, 5.74) is 3.53. The highest BCUT2D eigenvalue weighted by Crippen LogP contribution is 2.33. The van der Waals surface area contributed by atoms with Crippen LogP contribution in [0.4, 0.5) is 0 Å². The number of nitriles is 1. The fourth-order valence-electron chi connectivity index (χ4n) is 2.87. The number of fused-ring (bicyclic) bond motifs is 1. The smallest absolute Gasteiger partial charge is 0.335 e. The molecule has 0 saturated carbocycles. The molecule has 0 unspecified atom stereocenters. The molecule has 1 aliphatic heterocycles. The van der Waals surface area contributed by atoms with Gasteiger partial charge in [-0.05, 0) is 34.9 Å². The van der Waals surface area contributed by atoms with Gasteiger partial charge in [0.05, 0.1) is 18.2 Å². The maximum Gasteiger partial charge on any atom is 0.335 e. The van der Waals surface area contributed by atoms with Gasteiger partial charge in [0.15, 0.2) is 0 Å². The molecule has 2 aromatic rings. The molecule has 0 aromatic heterocycles. The average Bonchev–Trinajstić information content (AvgIpc) is 2.91. The molecule has 0 spiro atoms. The zero-order valence-corrected chi connectivity index (χ0v) is 12.8. The predicted octanol–water partition coefficient (Wildman–Crippen LogP) is 3.09. The normalized spacial score (nSPS) is 12.6. The molecule has 2 aromatic carbocycles. The highest BCUT2D eigenvalue weighted by atomic mass is 16.4. The lowest BCUT2D eigenvalue weighted by Crippen LogP contribution is -2.25. The lowest BCUT2D eigenvalue weighted by Gasteiger charge is -2.14. The van der Waals surface area contributed by atoms with Gasteiger partial charge in [-0.15, -0.1) is 0 Å². The molecule has 1 aliphatic rings. The van der Waals surface area contributed by atoms with Crippen molar-refractivity contribution in [2.75, 3.05) is 6.54 Å². The Bertz CT molecular complexity index is 909. The second kappa shape index (κ2) is 6.01. The van der Waals surface area contributed by atoms with E-state index in [0.717, 1.165) is 16.7 Å². The van der Waals surface area contributed by atoms with E-state index in [1.165, 1.54) is 6.07 Å². The Kier molecular flexibility index (Phi) is 3.88. The third-order valence-electron chi connectivity index (χ3n) is 4.00. The lowest BCUT2D eigenvalue weighted by molar-refractivity contribution is 0.0696. The van der Waals surface area contributed by atoms with Crippen LogP contribution in [0.1, 0.15) is 26.3 Å². The minimum Gasteiger partial charge on any atom is -0.478 e. The van der Waals surface area contributed by atoms with Crippen LogP contribution < -0.4 is 0 Å². The first-order valence-electron chi connectivity index (χ1n) is 7.34. The van der Waals surface area contributed by atoms with E-state index in [9.17, 15) is 9.59 Å². The van der Waals surface area contributed by atoms with Gasteiger partial charge < -0.3 is 10.0 Å². The first-order valence-corrected chi connectivity index (χ1v) is 7.34. The van der Waals surface area contributed by atoms with Crippen LogP contribution in [0.15, 0.2) is 54.6 Å². The van der Waals surface area contributed by atoms with E-state index < -0.39 is 5.97 Å². The summed E-state index contributed by atoms with van der Waals surface area (Å²) in [5, 5.41) is 18.0. The molecule has 1 heterocycles. The third kappa shape index (κ3) is 2.66. The quantitative estimate of drug-likeness (QED) is 0.878. The Morgan fingerprint density at radius 3 is 2.67 bits per heavy atom. The predicted molar refractivity (Wildman–Crippen MR) is 88.3 cm³/mol. The number of carbonyl (C=O) groups excluding carboxylic acids is 1. The molecule has 0 saturated heterocycles. The number of amides is 1. The Morgan fingerprint density at radius 1 is 1.25 bits per heavy atom. The van der Waals surface area contributed by atoms with Crippen LogP contribution >= 0.6 is 0 Å². The highest BCUT2D eigenvalue weighted by molar-refractivity contribution is 6.01. The van der Waals surface area contributed by atoms with E-state index in [2.05, 4.69) is 6.58 Å². The molecule has 0 radical (unpaired) electrons. The van der Waals surface area contributed by atoms with Crippen molar-refractivity contribution < 1.29 is 14.7 Å². The van der Waals surface area contributed by atoms with E-state index in [-0.39, 0.29) is 18.0 Å². The van der Waals surface area contributed by atoms with Crippen LogP contribution in [0, 0.1) is 11.3 Å². The van der Waals surface area contributed by atoms with Crippen LogP contribution in [-0.4, -0.2) is 28.4 Å². The molecule has 1 amide bonds. The van der Waals surface area contributed by atoms with E-state index >= 15 is 0 Å². The number of nitrogens with zero attached hydrogens (tertiary/aromatic N) is 2. The summed E-state index contributed by atoms with van der Waals surface area (Å²) in [6.45, 7) is 4.20. The van der Waals surface area contributed by atoms with Crippen LogP contribution in [0.25, 0.3) is 11.1 Å². The maximum absolute atomic E-state index is 12.5. The first kappa shape index (κ1) is 15.5. The summed E-state index contributed by atoms with van der Waals surface area (Å²) in [5.74, 6) is -1.13. The molecule has 0 bridgehead atoms. The van der Waals surface area contributed by atoms with Gasteiger partial charge in [0.25, 0.3) is 5.91 Å². The van der Waals surface area contributed by atoms with Gasteiger partial charge in [0.1, 0.15) is 0 Å². The van der Waals surface area contributed by atoms with Crippen molar-refractivity contribution in [3.05, 3.63) is 71.3 Å². The summed E-state index contributed by atoms with van der Waals surface area (Å²) in [6.07, 6.45) is 0. The third-order valence-corrected chi connectivity index (χ3v) is 4.00. The Morgan fingerprint density at radius 2 is 1.96 bits per heavy atom. The van der Waals surface area contributed by atoms with E-state index in [0.29, 0.717) is 17.7 Å². The van der Waals surface area contributed by atoms with Crippen LogP contribution in [0.5, 0.6) is 0 Å². The maximum atomic E-state index is 12.5. The number of hydrogen-bond donors (Lipinski definition) is 1. The fraction of sp³-hybridized carbons (Fsp3) is 0.105. The van der Waals surface area contributed by atoms with Crippen LogP contribution in [-0.2, 0) is 6.54 Å². The van der Waals surface area contributed by atoms with Crippen molar-refractivity contribution in [2.24, 2.45) is 0 Å². The molecule has 0 aliphatic carbocycles. The van der Waals surface area contributed by atoms with Crippen molar-refractivity contribution in [2.45, 2.75) is 6.54 Å². The number of rotatable bonds is 4. The van der Waals surface area contributed by atoms with Gasteiger partial charge in [0.2, 0.25) is 0 Å². The van der Waals surface area contributed by atoms with E-state index in [1.54, 1.807) is 29.2 Å². The molecule has 3 rings (SSSR count). The van der Waals surface area contributed by atoms with Gasteiger partial charge in [-0.3, -0.25) is 4.79 Å². The summed E-state index contributed by atoms with van der Waals surface area (Å²) in [7, 11) is 0. The summed E-state index contributed by atoms with van der Waals surface area (Å²) >= 11 is 0. The van der Waals surface area contributed by atoms with Gasteiger partial charge >= 0.3 is 5.97 Å². The van der Waals surface area contributed by atoms with Gasteiger partial charge in [-0.2, -0.15) is 5.26 Å². The number of carboxylic acids is 1. The number of aromatic carboxylic acids is 1. The highest BCUT2D eigenvalue weighted by Gasteiger charge is 2.29. The topological polar surface area (TPSA) is 81.4 Å². The second-order valence-corrected chi connectivity index (χ2v) is 5.59. The molecular weight excluding hydrogens is 304 g/mol. The molecule has 5 nitrogen and oxygen atoms in total. The SMILES string of the molecule is C=C(C#N)CN1Cc2c(cccc2-c2cccc(C(=O)O)c2)C1=O. The van der Waals surface area contributed by atoms with E-state index in [1.807, 2.05) is 18.2 Å². The molecular formula is C19H14N2O3. The molecule has 118 valence electrons. The largest absolute Gasteiger partial charge is 0.478 e. The van der Waals surface area contributed by atoms with Crippen molar-refractivity contribution in [1.29, 1.82) is 5.26 Å². The van der Waals surface area contributed by atoms with E-state index in [4.69, 9.17) is 10.4 Å². The Balaban J connectivity index is 2.02. The Hall–Kier alpha value is -3.39. The summed E-state index contributed by atoms with van der Waals surface area (Å²) < 4.78 is 0. The van der Waals surface area contributed by atoms with Gasteiger partial charge in [0, 0.05) is 17.7 Å². The number of carbonyl (C=O) groups is 2. The van der Waals surface area contributed by atoms with Crippen molar-refractivity contribution in [3.63, 3.8) is 0 Å². The number of benzene rings is 2. The zero-order chi connectivity index (χ0) is 17.3. The molecule has 5 heteroatoms. The first-order chi connectivity index (χ1) is 11.5. The van der Waals surface area contributed by atoms with Gasteiger partial charge in [-0.1, -0.05) is 30.8 Å². The zero-order valence-electron chi connectivity index (χ0n) is 12.8. The number of carboxylic acid groups (broad SMARTS) is 1. The second-order valence-electron chi connectivity index (χ2n) is 5.59. The fourth-order valence-corrected chi connectivity index (χ4v) is 2.87. The van der Waals surface area contributed by atoms with Gasteiger partial charge in [-0.25, -0.2) is 4.79 Å². The van der Waals surface area contributed by atoms with Crippen LogP contribution in [0.2, 0.25) is 0 Å². The minimum atomic E-state index is -0.993. The van der Waals surface area contributed by atoms with Crippen LogP contribution in [0.3, 0.4) is 0 Å². The van der Waals surface area contributed by atoms with Crippen molar-refractivity contribution in [1.82, 2.24) is 4.90 Å². The van der Waals surface area contributed by atoms with Crippen molar-refractivity contribution in [3.8, 4) is 17.2 Å². The Labute approximate surface area is 139 Å². The molecule has 24 heavy (non-hydrogen) atoms. The standard InChI is InChI=1S/C19H14N2O3/c1-12(9-20)10-21-11-17-15(6-3-7-16(17)18(21)22)13-4-2-5-14(8-13)19(23)24/h2-8H,1,10-11H2,(H,23,24). The molecule has 0 fully saturated rings. The number of hydrogen-bond acceptors (Lipinski definition) is 3. The minimum absolute atomic E-state index is 0.141. The van der Waals surface area contributed by atoms with Crippen molar-refractivity contribution >= 4 is 11.9 Å². The summed E-state index contributed by atoms with van der Waals surface area (Å²) in [4.78, 5) is 25.2. The summed E-state index contributed by atoms with van der Waals surface area (Å²) in [6, 6.07) is 14.0. The average molecular weight is 318 g/mol. The molecule has 0 atom stereocenters. The molecule has 1 N–H and O–H groups in total.